The van der Waals surface area contributed by atoms with Crippen molar-refractivity contribution in [3.8, 4) is 0 Å². The van der Waals surface area contributed by atoms with Crippen LogP contribution in [0.4, 0.5) is 10.5 Å². The second-order valence-corrected chi connectivity index (χ2v) is 9.66. The van der Waals surface area contributed by atoms with E-state index in [0.29, 0.717) is 18.2 Å². The first-order valence-corrected chi connectivity index (χ1v) is 11.6. The van der Waals surface area contributed by atoms with Crippen molar-refractivity contribution >= 4 is 23.6 Å². The fourth-order valence-corrected chi connectivity index (χ4v) is 4.41. The van der Waals surface area contributed by atoms with Crippen LogP contribution in [0.2, 0.25) is 0 Å². The number of anilines is 1. The number of alkyl carbamates (subject to hydrolysis) is 1. The van der Waals surface area contributed by atoms with Gasteiger partial charge in [0.15, 0.2) is 0 Å². The molecule has 2 aliphatic heterocycles. The molecule has 2 heterocycles. The number of carbonyl (C=O) groups excluding carboxylic acids is 2. The highest BCUT2D eigenvalue weighted by Crippen LogP contribution is 2.22. The molecule has 0 spiro atoms. The maximum absolute atomic E-state index is 12.1. The van der Waals surface area contributed by atoms with Crippen LogP contribution in [-0.4, -0.2) is 92.3 Å². The van der Waals surface area contributed by atoms with Gasteiger partial charge in [0.25, 0.3) is 0 Å². The minimum atomic E-state index is -0.643. The molecular weight excluding hydrogens is 422 g/mol. The van der Waals surface area contributed by atoms with Crippen molar-refractivity contribution in [3.63, 3.8) is 0 Å². The fourth-order valence-electron chi connectivity index (χ4n) is 4.41. The molecule has 33 heavy (non-hydrogen) atoms. The first-order valence-electron chi connectivity index (χ1n) is 11.6. The number of esters is 1. The molecule has 0 bridgehead atoms. The highest BCUT2D eigenvalue weighted by Gasteiger charge is 2.29. The number of likely N-dealkylation sites (tertiary alicyclic amines) is 1. The molecule has 3 rings (SSSR count). The van der Waals surface area contributed by atoms with Gasteiger partial charge in [0, 0.05) is 56.6 Å². The normalized spacial score (nSPS) is 18.6. The van der Waals surface area contributed by atoms with Gasteiger partial charge in [-0.2, -0.15) is 0 Å². The van der Waals surface area contributed by atoms with Crippen molar-refractivity contribution in [2.75, 3.05) is 57.8 Å². The fraction of sp³-hybridized carbons (Fsp3) is 0.625. The molecule has 2 fully saturated rings. The van der Waals surface area contributed by atoms with Gasteiger partial charge in [0.1, 0.15) is 11.4 Å². The van der Waals surface area contributed by atoms with E-state index < -0.39 is 11.7 Å². The van der Waals surface area contributed by atoms with E-state index in [4.69, 9.17) is 10.1 Å². The van der Waals surface area contributed by atoms with Crippen LogP contribution in [0.1, 0.15) is 39.2 Å². The molecule has 2 aliphatic rings. The van der Waals surface area contributed by atoms with E-state index in [2.05, 4.69) is 24.8 Å². The van der Waals surface area contributed by atoms with E-state index in [1.165, 1.54) is 7.11 Å². The van der Waals surface area contributed by atoms with Crippen molar-refractivity contribution < 1.29 is 19.1 Å². The van der Waals surface area contributed by atoms with Crippen LogP contribution in [0.15, 0.2) is 24.3 Å². The molecule has 9 nitrogen and oxygen atoms in total. The van der Waals surface area contributed by atoms with E-state index >= 15 is 0 Å². The second kappa shape index (κ2) is 11.0. The molecule has 2 N–H and O–H groups in total. The van der Waals surface area contributed by atoms with Crippen LogP contribution in [-0.2, 0) is 14.3 Å². The van der Waals surface area contributed by atoms with Gasteiger partial charge in [-0.25, -0.2) is 4.79 Å². The van der Waals surface area contributed by atoms with Crippen LogP contribution in [0.3, 0.4) is 0 Å². The number of carbonyl (C=O) groups is 2. The monoisotopic (exact) mass is 459 g/mol. The number of nitrogens with one attached hydrogen (secondary N) is 2. The number of nitrogens with zero attached hydrogens (tertiary/aromatic N) is 3. The zero-order valence-corrected chi connectivity index (χ0v) is 20.2. The maximum Gasteiger partial charge on any atom is 0.412 e. The lowest BCUT2D eigenvalue weighted by Crippen LogP contribution is -2.53. The van der Waals surface area contributed by atoms with Gasteiger partial charge in [-0.15, -0.1) is 0 Å². The average molecular weight is 460 g/mol. The van der Waals surface area contributed by atoms with E-state index in [1.54, 1.807) is 0 Å². The van der Waals surface area contributed by atoms with Crippen LogP contribution < -0.4 is 10.2 Å². The summed E-state index contributed by atoms with van der Waals surface area (Å²) < 4.78 is 9.98. The molecule has 0 radical (unpaired) electrons. The number of methoxy groups -OCH3 is 1. The third-order valence-electron chi connectivity index (χ3n) is 6.09. The molecular formula is C24H37N5O4. The number of amidine groups is 1. The Morgan fingerprint density at radius 1 is 1.03 bits per heavy atom. The Hall–Kier alpha value is -2.65. The van der Waals surface area contributed by atoms with Crippen LogP contribution in [0.25, 0.3) is 0 Å². The quantitative estimate of drug-likeness (QED) is 0.396. The van der Waals surface area contributed by atoms with Crippen molar-refractivity contribution in [2.24, 2.45) is 0 Å². The highest BCUT2D eigenvalue weighted by atomic mass is 16.6. The molecule has 1 aromatic rings. The van der Waals surface area contributed by atoms with E-state index in [0.717, 1.165) is 57.8 Å². The number of piperidine rings is 1. The largest absolute Gasteiger partial charge is 0.459 e. The van der Waals surface area contributed by atoms with Crippen LogP contribution in [0.5, 0.6) is 0 Å². The molecule has 1 aromatic carbocycles. The van der Waals surface area contributed by atoms with Gasteiger partial charge < -0.3 is 14.4 Å². The third-order valence-corrected chi connectivity index (χ3v) is 6.09. The van der Waals surface area contributed by atoms with Gasteiger partial charge in [0.2, 0.25) is 0 Å². The summed E-state index contributed by atoms with van der Waals surface area (Å²) in [6.07, 6.45) is 1.51. The van der Waals surface area contributed by atoms with Gasteiger partial charge in [-0.1, -0.05) is 0 Å². The van der Waals surface area contributed by atoms with Gasteiger partial charge in [0.05, 0.1) is 13.7 Å². The van der Waals surface area contributed by atoms with Crippen molar-refractivity contribution in [1.82, 2.24) is 15.1 Å². The van der Waals surface area contributed by atoms with Crippen molar-refractivity contribution in [1.29, 1.82) is 5.41 Å². The molecule has 0 unspecified atom stereocenters. The number of amides is 1. The molecule has 182 valence electrons. The molecule has 2 saturated heterocycles. The number of hydrogen-bond donors (Lipinski definition) is 2. The Labute approximate surface area is 196 Å². The highest BCUT2D eigenvalue weighted by molar-refractivity contribution is 6.04. The summed E-state index contributed by atoms with van der Waals surface area (Å²) >= 11 is 0. The Bertz CT molecular complexity index is 820. The molecule has 0 saturated carbocycles. The Morgan fingerprint density at radius 2 is 1.64 bits per heavy atom. The summed E-state index contributed by atoms with van der Waals surface area (Å²) in [6.45, 7) is 11.9. The maximum atomic E-state index is 12.1. The molecule has 9 heteroatoms. The number of rotatable bonds is 5. The summed E-state index contributed by atoms with van der Waals surface area (Å²) in [5.41, 5.74) is 1.33. The zero-order valence-electron chi connectivity index (χ0n) is 20.2. The summed E-state index contributed by atoms with van der Waals surface area (Å²) in [6, 6.07) is 8.25. The standard InChI is InChI=1S/C24H37N5O4/c1-24(2,3)33-21(30)17-27-11-9-20(10-12-27)29-15-13-28(14-16-29)19-7-5-18(6-8-19)22(25)26-23(31)32-4/h5-8,20H,9-17H2,1-4H3,(H2,25,26,31). The average Bonchev–Trinajstić information content (AvgIpc) is 2.78. The van der Waals surface area contributed by atoms with E-state index in [1.807, 2.05) is 45.0 Å². The first kappa shape index (κ1) is 25.0. The van der Waals surface area contributed by atoms with Gasteiger partial charge in [-0.3, -0.25) is 25.3 Å². The van der Waals surface area contributed by atoms with Gasteiger partial charge >= 0.3 is 12.1 Å². The smallest absolute Gasteiger partial charge is 0.412 e. The lowest BCUT2D eigenvalue weighted by Gasteiger charge is -2.43. The second-order valence-electron chi connectivity index (χ2n) is 9.66. The lowest BCUT2D eigenvalue weighted by atomic mass is 10.0. The predicted molar refractivity (Wildman–Crippen MR) is 128 cm³/mol. The summed E-state index contributed by atoms with van der Waals surface area (Å²) in [5, 5.41) is 10.3. The van der Waals surface area contributed by atoms with E-state index in [-0.39, 0.29) is 11.8 Å². The molecule has 0 aromatic heterocycles. The zero-order chi connectivity index (χ0) is 24.0. The molecule has 1 amide bonds. The Kier molecular flexibility index (Phi) is 8.31. The molecule has 0 aliphatic carbocycles. The summed E-state index contributed by atoms with van der Waals surface area (Å²) in [5.74, 6) is -0.118. The van der Waals surface area contributed by atoms with Crippen molar-refractivity contribution in [3.05, 3.63) is 29.8 Å². The Morgan fingerprint density at radius 3 is 2.18 bits per heavy atom. The number of piperazine rings is 1. The number of ether oxygens (including phenoxy) is 2. The molecule has 0 atom stereocenters. The Balaban J connectivity index is 1.42. The SMILES string of the molecule is COC(=O)NC(=N)c1ccc(N2CCN(C3CCN(CC(=O)OC(C)(C)C)CC3)CC2)cc1. The topological polar surface area (TPSA) is 98.2 Å². The minimum Gasteiger partial charge on any atom is -0.459 e. The summed E-state index contributed by atoms with van der Waals surface area (Å²) in [7, 11) is 1.28. The van der Waals surface area contributed by atoms with Crippen molar-refractivity contribution in [2.45, 2.75) is 45.3 Å². The lowest BCUT2D eigenvalue weighted by molar-refractivity contribution is -0.156. The van der Waals surface area contributed by atoms with Crippen LogP contribution >= 0.6 is 0 Å². The number of hydrogen-bond acceptors (Lipinski definition) is 8. The first-order chi connectivity index (χ1) is 15.6. The van der Waals surface area contributed by atoms with Gasteiger partial charge in [-0.05, 0) is 57.9 Å². The third kappa shape index (κ3) is 7.43. The minimum absolute atomic E-state index is 0.0243. The summed E-state index contributed by atoms with van der Waals surface area (Å²) in [4.78, 5) is 30.5. The number of benzene rings is 1. The van der Waals surface area contributed by atoms with E-state index in [9.17, 15) is 9.59 Å². The predicted octanol–water partition coefficient (Wildman–Crippen LogP) is 2.30. The van der Waals surface area contributed by atoms with Crippen LogP contribution in [0, 0.1) is 5.41 Å².